The van der Waals surface area contributed by atoms with E-state index in [4.69, 9.17) is 4.74 Å². The third-order valence-electron chi connectivity index (χ3n) is 9.35. The number of nitrogens with one attached hydrogen (secondary N) is 2. The van der Waals surface area contributed by atoms with Gasteiger partial charge in [-0.2, -0.15) is 0 Å². The molecule has 32 heavy (non-hydrogen) atoms. The van der Waals surface area contributed by atoms with Crippen LogP contribution in [-0.2, 0) is 14.3 Å². The van der Waals surface area contributed by atoms with Crippen molar-refractivity contribution in [2.24, 2.45) is 29.6 Å². The lowest BCUT2D eigenvalue weighted by molar-refractivity contribution is -0.152. The predicted octanol–water partition coefficient (Wildman–Crippen LogP) is 3.10. The second-order valence-electron chi connectivity index (χ2n) is 11.6. The average Bonchev–Trinajstić information content (AvgIpc) is 3.12. The minimum Gasteiger partial charge on any atom is -0.365 e. The maximum absolute atomic E-state index is 13.6. The Hall–Kier alpha value is -1.14. The summed E-state index contributed by atoms with van der Waals surface area (Å²) in [7, 11) is 0. The van der Waals surface area contributed by atoms with Crippen LogP contribution < -0.4 is 10.6 Å². The van der Waals surface area contributed by atoms with Crippen LogP contribution in [0.1, 0.15) is 78.6 Å². The van der Waals surface area contributed by atoms with Crippen molar-refractivity contribution >= 4 is 11.8 Å². The summed E-state index contributed by atoms with van der Waals surface area (Å²) in [5, 5.41) is 6.89. The van der Waals surface area contributed by atoms with Crippen molar-refractivity contribution in [2.75, 3.05) is 13.1 Å². The van der Waals surface area contributed by atoms with Gasteiger partial charge in [0.15, 0.2) is 0 Å². The Labute approximate surface area is 193 Å². The highest BCUT2D eigenvalue weighted by Gasteiger charge is 2.61. The first-order valence-electron chi connectivity index (χ1n) is 13.4. The van der Waals surface area contributed by atoms with Crippen LogP contribution in [0, 0.1) is 29.6 Å². The maximum Gasteiger partial charge on any atom is 0.248 e. The molecule has 180 valence electrons. The Kier molecular flexibility index (Phi) is 6.54. The minimum absolute atomic E-state index is 0.0119. The van der Waals surface area contributed by atoms with Crippen LogP contribution >= 0.6 is 0 Å². The van der Waals surface area contributed by atoms with Crippen LogP contribution in [0.3, 0.4) is 0 Å². The standard InChI is InChI=1S/C26H43N3O3/c1-15(2)10-12-28-25(30)16(3)32-17-8-9-22-21(14-17)19-11-13-27-23-18-6-4-5-7-20(18)26(31)29(22)24(19)23/h15-24,27H,4-14H2,1-3H3,(H,28,30)/t16-,17?,18?,19?,20?,21?,22?,23?,24?/m1/s1. The molecule has 6 nitrogen and oxygen atoms in total. The largest absolute Gasteiger partial charge is 0.365 e. The number of carbonyl (C=O) groups is 2. The first-order chi connectivity index (χ1) is 15.5. The summed E-state index contributed by atoms with van der Waals surface area (Å²) in [5.41, 5.74) is 0. The second-order valence-corrected chi connectivity index (χ2v) is 11.6. The Bertz CT molecular complexity index is 712. The maximum atomic E-state index is 13.6. The van der Waals surface area contributed by atoms with Crippen LogP contribution in [-0.4, -0.2) is 60.1 Å². The predicted molar refractivity (Wildman–Crippen MR) is 124 cm³/mol. The topological polar surface area (TPSA) is 70.7 Å². The van der Waals surface area contributed by atoms with Crippen LogP contribution in [0.4, 0.5) is 0 Å². The summed E-state index contributed by atoms with van der Waals surface area (Å²) in [5.74, 6) is 2.99. The number of hydrogen-bond donors (Lipinski definition) is 2. The Morgan fingerprint density at radius 2 is 1.91 bits per heavy atom. The molecule has 5 aliphatic rings. The van der Waals surface area contributed by atoms with E-state index >= 15 is 0 Å². The minimum atomic E-state index is -0.405. The molecule has 5 rings (SSSR count). The lowest BCUT2D eigenvalue weighted by atomic mass is 9.66. The van der Waals surface area contributed by atoms with Gasteiger partial charge in [0.2, 0.25) is 11.8 Å². The van der Waals surface area contributed by atoms with Crippen molar-refractivity contribution < 1.29 is 14.3 Å². The number of rotatable bonds is 6. The fourth-order valence-corrected chi connectivity index (χ4v) is 7.90. The molecule has 3 heterocycles. The monoisotopic (exact) mass is 445 g/mol. The summed E-state index contributed by atoms with van der Waals surface area (Å²) >= 11 is 0. The Morgan fingerprint density at radius 1 is 1.09 bits per heavy atom. The van der Waals surface area contributed by atoms with Gasteiger partial charge in [-0.1, -0.05) is 26.7 Å². The number of piperidine rings is 2. The Balaban J connectivity index is 1.25. The van der Waals surface area contributed by atoms with Gasteiger partial charge in [0, 0.05) is 24.5 Å². The van der Waals surface area contributed by atoms with E-state index in [9.17, 15) is 9.59 Å². The number of hydrogen-bond acceptors (Lipinski definition) is 4. The van der Waals surface area contributed by atoms with Gasteiger partial charge in [0.25, 0.3) is 0 Å². The molecule has 2 N–H and O–H groups in total. The fourth-order valence-electron chi connectivity index (χ4n) is 7.90. The molecule has 0 spiro atoms. The van der Waals surface area contributed by atoms with Crippen molar-refractivity contribution in [1.82, 2.24) is 15.5 Å². The molecule has 6 heteroatoms. The van der Waals surface area contributed by atoms with Crippen molar-refractivity contribution in [3.8, 4) is 0 Å². The van der Waals surface area contributed by atoms with E-state index in [1.807, 2.05) is 6.92 Å². The molecule has 0 aromatic carbocycles. The zero-order valence-electron chi connectivity index (χ0n) is 20.2. The first-order valence-corrected chi connectivity index (χ1v) is 13.4. The molecule has 0 aromatic heterocycles. The van der Waals surface area contributed by atoms with Crippen LogP contribution in [0.2, 0.25) is 0 Å². The highest BCUT2D eigenvalue weighted by molar-refractivity contribution is 5.82. The average molecular weight is 446 g/mol. The second kappa shape index (κ2) is 9.25. The molecule has 2 aliphatic carbocycles. The SMILES string of the molecule is CC(C)CCNC(=O)[C@@H](C)OC1CCC2C(C1)C1CCNC3C4CCCCC4C(=O)N2C13. The summed E-state index contributed by atoms with van der Waals surface area (Å²) < 4.78 is 6.30. The molecular weight excluding hydrogens is 402 g/mol. The molecule has 5 fully saturated rings. The van der Waals surface area contributed by atoms with Gasteiger partial charge in [-0.05, 0) is 82.1 Å². The Morgan fingerprint density at radius 3 is 2.72 bits per heavy atom. The van der Waals surface area contributed by atoms with Gasteiger partial charge in [0.05, 0.1) is 12.1 Å². The van der Waals surface area contributed by atoms with Crippen LogP contribution in [0.15, 0.2) is 0 Å². The fraction of sp³-hybridized carbons (Fsp3) is 0.923. The highest BCUT2D eigenvalue weighted by atomic mass is 16.5. The summed E-state index contributed by atoms with van der Waals surface area (Å²) in [4.78, 5) is 28.5. The van der Waals surface area contributed by atoms with E-state index in [0.29, 0.717) is 47.7 Å². The van der Waals surface area contributed by atoms with Gasteiger partial charge < -0.3 is 20.3 Å². The third kappa shape index (κ3) is 4.00. The van der Waals surface area contributed by atoms with Gasteiger partial charge in [-0.25, -0.2) is 0 Å². The van der Waals surface area contributed by atoms with Crippen LogP contribution in [0.25, 0.3) is 0 Å². The summed E-state index contributed by atoms with van der Waals surface area (Å²) in [6.07, 6.45) is 9.68. The highest BCUT2D eigenvalue weighted by Crippen LogP contribution is 2.54. The molecule has 2 amide bonds. The molecule has 2 saturated carbocycles. The molecule has 0 aromatic rings. The number of amides is 2. The lowest BCUT2D eigenvalue weighted by Gasteiger charge is -2.52. The molecule has 3 saturated heterocycles. The van der Waals surface area contributed by atoms with E-state index < -0.39 is 6.10 Å². The van der Waals surface area contributed by atoms with Gasteiger partial charge in [-0.15, -0.1) is 0 Å². The number of carbonyl (C=O) groups excluding carboxylic acids is 2. The summed E-state index contributed by atoms with van der Waals surface area (Å²) in [6.45, 7) is 8.04. The molecule has 0 bridgehead atoms. The molecular formula is C26H43N3O3. The quantitative estimate of drug-likeness (QED) is 0.659. The zero-order valence-corrected chi connectivity index (χ0v) is 20.2. The number of nitrogens with zero attached hydrogens (tertiary/aromatic N) is 1. The molecule has 0 radical (unpaired) electrons. The number of ether oxygens (including phenoxy) is 1. The van der Waals surface area contributed by atoms with Crippen LogP contribution in [0.5, 0.6) is 0 Å². The lowest BCUT2D eigenvalue weighted by Crippen LogP contribution is -2.66. The van der Waals surface area contributed by atoms with E-state index in [0.717, 1.165) is 45.2 Å². The third-order valence-corrected chi connectivity index (χ3v) is 9.35. The van der Waals surface area contributed by atoms with Crippen molar-refractivity contribution in [1.29, 1.82) is 0 Å². The van der Waals surface area contributed by atoms with Gasteiger partial charge in [0.1, 0.15) is 6.10 Å². The summed E-state index contributed by atoms with van der Waals surface area (Å²) in [6, 6.07) is 1.27. The van der Waals surface area contributed by atoms with Crippen molar-refractivity contribution in [3.05, 3.63) is 0 Å². The van der Waals surface area contributed by atoms with Crippen molar-refractivity contribution in [3.63, 3.8) is 0 Å². The van der Waals surface area contributed by atoms with E-state index in [1.54, 1.807) is 0 Å². The first kappa shape index (κ1) is 22.6. The number of fused-ring (bicyclic) bond motifs is 5. The van der Waals surface area contributed by atoms with E-state index in [1.165, 1.54) is 25.7 Å². The van der Waals surface area contributed by atoms with Gasteiger partial charge >= 0.3 is 0 Å². The molecule has 8 unspecified atom stereocenters. The molecule has 9 atom stereocenters. The van der Waals surface area contributed by atoms with Gasteiger partial charge in [-0.3, -0.25) is 9.59 Å². The van der Waals surface area contributed by atoms with Crippen molar-refractivity contribution in [2.45, 2.75) is 109 Å². The molecule has 3 aliphatic heterocycles. The normalized spacial score (nSPS) is 41.6. The van der Waals surface area contributed by atoms with E-state index in [2.05, 4.69) is 29.4 Å². The van der Waals surface area contributed by atoms with E-state index in [-0.39, 0.29) is 17.9 Å². The zero-order chi connectivity index (χ0) is 22.4. The smallest absolute Gasteiger partial charge is 0.248 e.